The first-order valence-corrected chi connectivity index (χ1v) is 6.21. The van der Waals surface area contributed by atoms with E-state index in [1.165, 1.54) is 6.07 Å². The van der Waals surface area contributed by atoms with Crippen LogP contribution in [0.25, 0.3) is 0 Å². The van der Waals surface area contributed by atoms with E-state index in [1.807, 2.05) is 6.92 Å². The zero-order chi connectivity index (χ0) is 12.1. The summed E-state index contributed by atoms with van der Waals surface area (Å²) in [6.07, 6.45) is 0.458. The molecule has 0 aromatic carbocycles. The highest BCUT2D eigenvalue weighted by atomic mass is 32.2. The fraction of sp³-hybridized carbons (Fsp3) is 0.455. The topological polar surface area (TPSA) is 74.3 Å². The van der Waals surface area contributed by atoms with Crippen LogP contribution in [0.2, 0.25) is 0 Å². The first kappa shape index (κ1) is 12.8. The Balaban J connectivity index is 2.87. The van der Waals surface area contributed by atoms with Crippen LogP contribution >= 0.6 is 11.8 Å². The minimum absolute atomic E-state index is 0.0118. The summed E-state index contributed by atoms with van der Waals surface area (Å²) in [4.78, 5) is 11.5. The van der Waals surface area contributed by atoms with Crippen LogP contribution in [0, 0.1) is 12.3 Å². The summed E-state index contributed by atoms with van der Waals surface area (Å²) in [6.45, 7) is 3.62. The Morgan fingerprint density at radius 2 is 2.31 bits per heavy atom. The zero-order valence-electron chi connectivity index (χ0n) is 9.37. The van der Waals surface area contributed by atoms with E-state index >= 15 is 0 Å². The second-order valence-electron chi connectivity index (χ2n) is 3.33. The van der Waals surface area contributed by atoms with Gasteiger partial charge in [-0.05, 0) is 24.9 Å². The van der Waals surface area contributed by atoms with Gasteiger partial charge in [-0.15, -0.1) is 0 Å². The third-order valence-electron chi connectivity index (χ3n) is 2.06. The maximum atomic E-state index is 11.5. The third kappa shape index (κ3) is 3.13. The molecular formula is C11H15NO3S. The molecule has 1 rings (SSSR count). The molecule has 0 aliphatic carbocycles. The summed E-state index contributed by atoms with van der Waals surface area (Å²) >= 11 is 1.69. The summed E-state index contributed by atoms with van der Waals surface area (Å²) in [5.74, 6) is 1.92. The Labute approximate surface area is 98.2 Å². The largest absolute Gasteiger partial charge is 0.507 e. The van der Waals surface area contributed by atoms with Gasteiger partial charge >= 0.3 is 5.63 Å². The van der Waals surface area contributed by atoms with Gasteiger partial charge in [-0.25, -0.2) is 4.79 Å². The molecule has 88 valence electrons. The molecule has 4 nitrogen and oxygen atoms in total. The average Bonchev–Trinajstić information content (AvgIpc) is 2.16. The van der Waals surface area contributed by atoms with Gasteiger partial charge in [0.1, 0.15) is 17.1 Å². The van der Waals surface area contributed by atoms with Crippen LogP contribution in [0.4, 0.5) is 0 Å². The van der Waals surface area contributed by atoms with Gasteiger partial charge in [0.15, 0.2) is 0 Å². The quantitative estimate of drug-likeness (QED) is 0.612. The van der Waals surface area contributed by atoms with Gasteiger partial charge in [0, 0.05) is 6.07 Å². The van der Waals surface area contributed by atoms with Gasteiger partial charge in [-0.1, -0.05) is 6.92 Å². The highest BCUT2D eigenvalue weighted by Gasteiger charge is 2.14. The fourth-order valence-corrected chi connectivity index (χ4v) is 1.95. The Bertz CT molecular complexity index is 439. The standard InChI is InChI=1S/C11H15NO3S/c1-3-16-5-4-8(12)10-9(13)6-7(2)15-11(10)14/h6,12-13H,3-5H2,1-2H3. The maximum Gasteiger partial charge on any atom is 0.348 e. The monoisotopic (exact) mass is 241 g/mol. The zero-order valence-corrected chi connectivity index (χ0v) is 10.2. The van der Waals surface area contributed by atoms with Crippen LogP contribution in [0.15, 0.2) is 15.3 Å². The van der Waals surface area contributed by atoms with Crippen molar-refractivity contribution >= 4 is 17.5 Å². The molecule has 0 bridgehead atoms. The van der Waals surface area contributed by atoms with E-state index in [-0.39, 0.29) is 17.0 Å². The van der Waals surface area contributed by atoms with Gasteiger partial charge in [-0.3, -0.25) is 0 Å². The molecule has 5 heteroatoms. The molecule has 1 aromatic rings. The molecule has 0 saturated carbocycles. The second kappa shape index (κ2) is 5.75. The van der Waals surface area contributed by atoms with E-state index in [4.69, 9.17) is 9.83 Å². The summed E-state index contributed by atoms with van der Waals surface area (Å²) in [5, 5.41) is 17.3. The Hall–Kier alpha value is -1.23. The van der Waals surface area contributed by atoms with Crippen molar-refractivity contribution in [3.63, 3.8) is 0 Å². The van der Waals surface area contributed by atoms with E-state index in [2.05, 4.69) is 0 Å². The predicted molar refractivity (Wildman–Crippen MR) is 65.8 cm³/mol. The summed E-state index contributed by atoms with van der Waals surface area (Å²) in [5.41, 5.74) is -0.515. The van der Waals surface area contributed by atoms with E-state index in [1.54, 1.807) is 18.7 Å². The van der Waals surface area contributed by atoms with E-state index < -0.39 is 5.63 Å². The van der Waals surface area contributed by atoms with E-state index in [0.29, 0.717) is 12.2 Å². The van der Waals surface area contributed by atoms with Crippen molar-refractivity contribution in [2.75, 3.05) is 11.5 Å². The summed E-state index contributed by atoms with van der Waals surface area (Å²) < 4.78 is 4.85. The smallest absolute Gasteiger partial charge is 0.348 e. The maximum absolute atomic E-state index is 11.5. The molecule has 0 aliphatic heterocycles. The summed E-state index contributed by atoms with van der Waals surface area (Å²) in [6, 6.07) is 1.36. The number of aryl methyl sites for hydroxylation is 1. The molecular weight excluding hydrogens is 226 g/mol. The lowest BCUT2D eigenvalue weighted by molar-refractivity contribution is 0.432. The molecule has 0 radical (unpaired) electrons. The van der Waals surface area contributed by atoms with E-state index in [9.17, 15) is 9.90 Å². The van der Waals surface area contributed by atoms with Gasteiger partial charge in [0.25, 0.3) is 0 Å². The molecule has 0 unspecified atom stereocenters. The van der Waals surface area contributed by atoms with Crippen molar-refractivity contribution in [1.29, 1.82) is 5.41 Å². The van der Waals surface area contributed by atoms with Crippen molar-refractivity contribution < 1.29 is 9.52 Å². The van der Waals surface area contributed by atoms with Crippen LogP contribution in [0.1, 0.15) is 24.7 Å². The van der Waals surface area contributed by atoms with Crippen molar-refractivity contribution in [2.45, 2.75) is 20.3 Å². The first-order valence-electron chi connectivity index (χ1n) is 5.05. The summed E-state index contributed by atoms with van der Waals surface area (Å²) in [7, 11) is 0. The molecule has 1 aromatic heterocycles. The lowest BCUT2D eigenvalue weighted by Gasteiger charge is -2.05. The molecule has 0 amide bonds. The number of hydrogen-bond acceptors (Lipinski definition) is 5. The van der Waals surface area contributed by atoms with Crippen LogP contribution in [-0.4, -0.2) is 22.3 Å². The van der Waals surface area contributed by atoms with E-state index in [0.717, 1.165) is 11.5 Å². The number of rotatable bonds is 5. The van der Waals surface area contributed by atoms with Crippen LogP contribution in [0.5, 0.6) is 5.75 Å². The molecule has 2 N–H and O–H groups in total. The van der Waals surface area contributed by atoms with Crippen molar-refractivity contribution in [3.05, 3.63) is 27.8 Å². The Kier molecular flexibility index (Phi) is 4.61. The van der Waals surface area contributed by atoms with Gasteiger partial charge in [0.2, 0.25) is 0 Å². The normalized spacial score (nSPS) is 10.4. The minimum atomic E-state index is -0.635. The van der Waals surface area contributed by atoms with Gasteiger partial charge < -0.3 is 14.9 Å². The van der Waals surface area contributed by atoms with Crippen LogP contribution < -0.4 is 5.63 Å². The number of nitrogens with one attached hydrogen (secondary N) is 1. The third-order valence-corrected chi connectivity index (χ3v) is 2.96. The van der Waals surface area contributed by atoms with Crippen molar-refractivity contribution in [2.24, 2.45) is 0 Å². The molecule has 0 aliphatic rings. The van der Waals surface area contributed by atoms with Crippen molar-refractivity contribution in [1.82, 2.24) is 0 Å². The van der Waals surface area contributed by atoms with Gasteiger partial charge in [0.05, 0.1) is 5.71 Å². The molecule has 0 atom stereocenters. The average molecular weight is 241 g/mol. The fourth-order valence-electron chi connectivity index (χ4n) is 1.32. The first-order chi connectivity index (χ1) is 7.56. The number of hydrogen-bond donors (Lipinski definition) is 2. The second-order valence-corrected chi connectivity index (χ2v) is 4.72. The predicted octanol–water partition coefficient (Wildman–Crippen LogP) is 2.16. The van der Waals surface area contributed by atoms with Gasteiger partial charge in [-0.2, -0.15) is 11.8 Å². The van der Waals surface area contributed by atoms with Crippen molar-refractivity contribution in [3.8, 4) is 5.75 Å². The lowest BCUT2D eigenvalue weighted by Crippen LogP contribution is -2.15. The molecule has 0 spiro atoms. The number of thioether (sulfide) groups is 1. The molecule has 16 heavy (non-hydrogen) atoms. The molecule has 1 heterocycles. The molecule has 0 fully saturated rings. The highest BCUT2D eigenvalue weighted by Crippen LogP contribution is 2.17. The van der Waals surface area contributed by atoms with Crippen LogP contribution in [-0.2, 0) is 0 Å². The SMILES string of the molecule is CCSCCC(=N)c1c(O)cc(C)oc1=O. The highest BCUT2D eigenvalue weighted by molar-refractivity contribution is 7.99. The minimum Gasteiger partial charge on any atom is -0.507 e. The number of aromatic hydroxyl groups is 1. The molecule has 0 saturated heterocycles. The Morgan fingerprint density at radius 1 is 1.62 bits per heavy atom. The lowest BCUT2D eigenvalue weighted by atomic mass is 10.1. The van der Waals surface area contributed by atoms with Crippen LogP contribution in [0.3, 0.4) is 0 Å². The Morgan fingerprint density at radius 3 is 2.88 bits per heavy atom.